The molecule has 2 unspecified atom stereocenters. The number of aryl methyl sites for hydroxylation is 3. The highest BCUT2D eigenvalue weighted by Crippen LogP contribution is 2.52. The summed E-state index contributed by atoms with van der Waals surface area (Å²) in [6, 6.07) is 8.23. The van der Waals surface area contributed by atoms with Crippen LogP contribution in [0.25, 0.3) is 0 Å². The van der Waals surface area contributed by atoms with E-state index in [2.05, 4.69) is 0 Å². The van der Waals surface area contributed by atoms with Crippen LogP contribution < -0.4 is 5.30 Å². The van der Waals surface area contributed by atoms with Crippen LogP contribution in [0.15, 0.2) is 30.3 Å². The van der Waals surface area contributed by atoms with Crippen molar-refractivity contribution in [3.63, 3.8) is 0 Å². The Balaban J connectivity index is 2.71. The maximum absolute atomic E-state index is 13.7. The average Bonchev–Trinajstić information content (AvgIpc) is 2.58. The van der Waals surface area contributed by atoms with Gasteiger partial charge in [-0.25, -0.2) is 0 Å². The molecule has 148 valence electrons. The summed E-state index contributed by atoms with van der Waals surface area (Å²) in [6.45, 7) is 9.59. The highest BCUT2D eigenvalue weighted by Gasteiger charge is 2.39. The van der Waals surface area contributed by atoms with Gasteiger partial charge in [0.1, 0.15) is 5.75 Å². The Bertz CT molecular complexity index is 814. The van der Waals surface area contributed by atoms with Crippen molar-refractivity contribution in [1.82, 2.24) is 0 Å². The van der Waals surface area contributed by atoms with E-state index in [1.165, 1.54) is 12.1 Å². The Hall–Kier alpha value is -1.54. The summed E-state index contributed by atoms with van der Waals surface area (Å²) >= 11 is 0. The van der Waals surface area contributed by atoms with Crippen molar-refractivity contribution in [2.45, 2.75) is 65.2 Å². The molecule has 5 heteroatoms. The SMILES string of the molecule is CCCC(CC)(Pc1c(C)cccc1C(F)(F)F)c1cc(C)cc(C)c1O. The second-order valence-corrected chi connectivity index (χ2v) is 8.99. The van der Waals surface area contributed by atoms with Gasteiger partial charge in [0.25, 0.3) is 0 Å². The van der Waals surface area contributed by atoms with Crippen molar-refractivity contribution in [2.24, 2.45) is 0 Å². The molecule has 0 saturated heterocycles. The fourth-order valence-electron chi connectivity index (χ4n) is 3.78. The number of alkyl halides is 3. The highest BCUT2D eigenvalue weighted by molar-refractivity contribution is 7.48. The van der Waals surface area contributed by atoms with Gasteiger partial charge in [0.2, 0.25) is 0 Å². The van der Waals surface area contributed by atoms with Crippen LogP contribution in [0.4, 0.5) is 13.2 Å². The van der Waals surface area contributed by atoms with Crippen molar-refractivity contribution in [3.05, 3.63) is 58.1 Å². The zero-order chi connectivity index (χ0) is 20.4. The Morgan fingerprint density at radius 1 is 0.963 bits per heavy atom. The average molecular weight is 396 g/mol. The number of phenols is 1. The molecule has 0 heterocycles. The lowest BCUT2D eigenvalue weighted by Crippen LogP contribution is -2.27. The molecule has 27 heavy (non-hydrogen) atoms. The zero-order valence-corrected chi connectivity index (χ0v) is 17.6. The fourth-order valence-corrected chi connectivity index (χ4v) is 5.78. The molecule has 0 aromatic heterocycles. The molecule has 0 amide bonds. The minimum absolute atomic E-state index is 0.0695. The van der Waals surface area contributed by atoms with E-state index in [0.717, 1.165) is 29.5 Å². The maximum Gasteiger partial charge on any atom is 0.417 e. The molecular weight excluding hydrogens is 368 g/mol. The minimum atomic E-state index is -4.38. The quantitative estimate of drug-likeness (QED) is 0.536. The Labute approximate surface area is 161 Å². The van der Waals surface area contributed by atoms with Gasteiger partial charge in [0, 0.05) is 10.7 Å². The largest absolute Gasteiger partial charge is 0.507 e. The van der Waals surface area contributed by atoms with Crippen LogP contribution >= 0.6 is 8.58 Å². The van der Waals surface area contributed by atoms with Gasteiger partial charge in [-0.3, -0.25) is 0 Å². The third kappa shape index (κ3) is 4.48. The second kappa shape index (κ2) is 8.22. The molecule has 0 spiro atoms. The van der Waals surface area contributed by atoms with E-state index in [1.54, 1.807) is 13.0 Å². The van der Waals surface area contributed by atoms with Crippen LogP contribution in [-0.2, 0) is 11.3 Å². The lowest BCUT2D eigenvalue weighted by molar-refractivity contribution is -0.136. The number of phenolic OH excluding ortho intramolecular Hbond substituents is 1. The zero-order valence-electron chi connectivity index (χ0n) is 16.6. The number of rotatable bonds is 6. The number of hydrogen-bond acceptors (Lipinski definition) is 1. The van der Waals surface area contributed by atoms with E-state index in [1.807, 2.05) is 39.8 Å². The number of hydrogen-bond donors (Lipinski definition) is 1. The normalized spacial score (nSPS) is 14.7. The van der Waals surface area contributed by atoms with E-state index in [0.29, 0.717) is 17.3 Å². The molecule has 2 aromatic rings. The molecular formula is C22H28F3OP. The molecule has 0 saturated carbocycles. The Morgan fingerprint density at radius 2 is 1.63 bits per heavy atom. The Kier molecular flexibility index (Phi) is 6.63. The van der Waals surface area contributed by atoms with Crippen LogP contribution in [0.3, 0.4) is 0 Å². The summed E-state index contributed by atoms with van der Waals surface area (Å²) < 4.78 is 41.0. The summed E-state index contributed by atoms with van der Waals surface area (Å²) in [4.78, 5) is 0. The van der Waals surface area contributed by atoms with E-state index in [4.69, 9.17) is 0 Å². The Morgan fingerprint density at radius 3 is 2.19 bits per heavy atom. The van der Waals surface area contributed by atoms with E-state index in [9.17, 15) is 18.3 Å². The predicted molar refractivity (Wildman–Crippen MR) is 109 cm³/mol. The van der Waals surface area contributed by atoms with Crippen molar-refractivity contribution >= 4 is 13.9 Å². The van der Waals surface area contributed by atoms with Crippen molar-refractivity contribution < 1.29 is 18.3 Å². The first-order chi connectivity index (χ1) is 12.6. The van der Waals surface area contributed by atoms with Crippen LogP contribution in [-0.4, -0.2) is 5.11 Å². The van der Waals surface area contributed by atoms with Gasteiger partial charge < -0.3 is 5.11 Å². The van der Waals surface area contributed by atoms with E-state index in [-0.39, 0.29) is 14.3 Å². The number of benzene rings is 2. The lowest BCUT2D eigenvalue weighted by Gasteiger charge is -2.36. The summed E-state index contributed by atoms with van der Waals surface area (Å²) in [6.07, 6.45) is -2.16. The minimum Gasteiger partial charge on any atom is -0.507 e. The lowest BCUT2D eigenvalue weighted by atomic mass is 9.88. The summed E-state index contributed by atoms with van der Waals surface area (Å²) in [7, 11) is -0.0695. The molecule has 0 fully saturated rings. The fraction of sp³-hybridized carbons (Fsp3) is 0.455. The van der Waals surface area contributed by atoms with E-state index >= 15 is 0 Å². The van der Waals surface area contributed by atoms with Crippen LogP contribution in [0.5, 0.6) is 5.75 Å². The van der Waals surface area contributed by atoms with Crippen LogP contribution in [0, 0.1) is 20.8 Å². The van der Waals surface area contributed by atoms with Gasteiger partial charge in [0.15, 0.2) is 0 Å². The number of halogens is 3. The van der Waals surface area contributed by atoms with Crippen molar-refractivity contribution in [1.29, 1.82) is 0 Å². The molecule has 1 nitrogen and oxygen atoms in total. The third-order valence-electron chi connectivity index (χ3n) is 5.18. The standard InChI is InChI=1S/C22H28F3OP/c1-6-11-21(7-2,18-13-14(3)12-16(5)19(18)26)27-20-15(4)9-8-10-17(20)22(23,24)25/h8-10,12-13,26-27H,6-7,11H2,1-5H3. The topological polar surface area (TPSA) is 20.2 Å². The van der Waals surface area contributed by atoms with Crippen LogP contribution in [0.2, 0.25) is 0 Å². The molecule has 2 rings (SSSR count). The molecule has 2 atom stereocenters. The maximum atomic E-state index is 13.7. The summed E-state index contributed by atoms with van der Waals surface area (Å²) in [5.74, 6) is 0.213. The van der Waals surface area contributed by atoms with Gasteiger partial charge >= 0.3 is 6.18 Å². The number of aromatic hydroxyl groups is 1. The smallest absolute Gasteiger partial charge is 0.417 e. The van der Waals surface area contributed by atoms with Gasteiger partial charge in [-0.2, -0.15) is 13.2 Å². The molecule has 2 aromatic carbocycles. The second-order valence-electron chi connectivity index (χ2n) is 7.28. The summed E-state index contributed by atoms with van der Waals surface area (Å²) in [5.41, 5.74) is 2.66. The van der Waals surface area contributed by atoms with Gasteiger partial charge in [0.05, 0.1) is 5.56 Å². The first-order valence-corrected chi connectivity index (χ1v) is 10.3. The van der Waals surface area contributed by atoms with Gasteiger partial charge in [-0.05, 0) is 56.1 Å². The monoisotopic (exact) mass is 396 g/mol. The van der Waals surface area contributed by atoms with E-state index < -0.39 is 16.9 Å². The molecule has 1 N–H and O–H groups in total. The highest BCUT2D eigenvalue weighted by atomic mass is 31.1. The predicted octanol–water partition coefficient (Wildman–Crippen LogP) is 6.75. The van der Waals surface area contributed by atoms with Crippen molar-refractivity contribution in [3.8, 4) is 5.75 Å². The third-order valence-corrected chi connectivity index (χ3v) is 7.45. The summed E-state index contributed by atoms with van der Waals surface area (Å²) in [5, 5.41) is 10.6. The molecule has 0 aliphatic carbocycles. The van der Waals surface area contributed by atoms with Gasteiger partial charge in [-0.1, -0.05) is 58.7 Å². The molecule has 0 radical (unpaired) electrons. The molecule has 0 aliphatic heterocycles. The van der Waals surface area contributed by atoms with Crippen LogP contribution in [0.1, 0.15) is 60.9 Å². The van der Waals surface area contributed by atoms with Gasteiger partial charge in [-0.15, -0.1) is 0 Å². The molecule has 0 aliphatic rings. The first kappa shape index (κ1) is 21.8. The first-order valence-electron chi connectivity index (χ1n) is 9.31. The molecule has 0 bridgehead atoms. The van der Waals surface area contributed by atoms with Crippen molar-refractivity contribution in [2.75, 3.05) is 0 Å².